The van der Waals surface area contributed by atoms with Crippen LogP contribution >= 0.6 is 0 Å². The maximum absolute atomic E-state index is 13.1. The average Bonchev–Trinajstić information content (AvgIpc) is 3.29. The molecule has 5 heteroatoms. The largest absolute Gasteiger partial charge is 0.340 e. The zero-order valence-electron chi connectivity index (χ0n) is 17.7. The third kappa shape index (κ3) is 4.09. The number of aromatic amines is 1. The quantitative estimate of drug-likeness (QED) is 0.546. The first-order valence-corrected chi connectivity index (χ1v) is 10.7. The Bertz CT molecular complexity index is 1200. The molecule has 31 heavy (non-hydrogen) atoms. The number of piperazine rings is 1. The average molecular weight is 411 g/mol. The molecule has 1 N–H and O–H groups in total. The van der Waals surface area contributed by atoms with Crippen LogP contribution in [-0.2, 0) is 11.2 Å². The highest BCUT2D eigenvalue weighted by molar-refractivity contribution is 5.86. The minimum Gasteiger partial charge on any atom is -0.340 e. The zero-order chi connectivity index (χ0) is 21.2. The van der Waals surface area contributed by atoms with Crippen LogP contribution in [0.2, 0.25) is 0 Å². The smallest absolute Gasteiger partial charge is 0.227 e. The molecule has 3 aromatic carbocycles. The molecule has 1 fully saturated rings. The summed E-state index contributed by atoms with van der Waals surface area (Å²) in [7, 11) is 2.10. The van der Waals surface area contributed by atoms with Crippen molar-refractivity contribution in [1.82, 2.24) is 19.8 Å². The van der Waals surface area contributed by atoms with E-state index in [0.717, 1.165) is 35.7 Å². The summed E-state index contributed by atoms with van der Waals surface area (Å²) in [5, 5.41) is 2.42. The van der Waals surface area contributed by atoms with Crippen molar-refractivity contribution in [3.63, 3.8) is 0 Å². The van der Waals surface area contributed by atoms with E-state index in [0.29, 0.717) is 13.0 Å². The van der Waals surface area contributed by atoms with Gasteiger partial charge in [-0.3, -0.25) is 4.79 Å². The summed E-state index contributed by atoms with van der Waals surface area (Å²) in [4.78, 5) is 25.6. The third-order valence-corrected chi connectivity index (χ3v) is 6.07. The minimum absolute atomic E-state index is 0.0795. The fourth-order valence-electron chi connectivity index (χ4n) is 4.33. The van der Waals surface area contributed by atoms with Gasteiger partial charge in [0.25, 0.3) is 0 Å². The molecule has 4 aromatic rings. The molecule has 0 saturated carbocycles. The van der Waals surface area contributed by atoms with Crippen molar-refractivity contribution in [2.75, 3.05) is 26.7 Å². The summed E-state index contributed by atoms with van der Waals surface area (Å²) in [6, 6.07) is 24.6. The van der Waals surface area contributed by atoms with Gasteiger partial charge in [-0.05, 0) is 29.4 Å². The van der Waals surface area contributed by atoms with Crippen molar-refractivity contribution in [3.8, 4) is 11.3 Å². The van der Waals surface area contributed by atoms with Gasteiger partial charge in [-0.15, -0.1) is 0 Å². The molecular weight excluding hydrogens is 384 g/mol. The summed E-state index contributed by atoms with van der Waals surface area (Å²) >= 11 is 0. The Balaban J connectivity index is 1.41. The van der Waals surface area contributed by atoms with Crippen molar-refractivity contribution in [1.29, 1.82) is 0 Å². The lowest BCUT2D eigenvalue weighted by molar-refractivity contribution is -0.135. The van der Waals surface area contributed by atoms with Crippen LogP contribution in [0.5, 0.6) is 0 Å². The second-order valence-electron chi connectivity index (χ2n) is 8.27. The molecule has 0 spiro atoms. The number of hydrogen-bond donors (Lipinski definition) is 1. The van der Waals surface area contributed by atoms with E-state index in [9.17, 15) is 4.79 Å². The van der Waals surface area contributed by atoms with E-state index in [-0.39, 0.29) is 11.9 Å². The zero-order valence-corrected chi connectivity index (χ0v) is 17.7. The highest BCUT2D eigenvalue weighted by Gasteiger charge is 2.32. The van der Waals surface area contributed by atoms with E-state index >= 15 is 0 Å². The van der Waals surface area contributed by atoms with E-state index in [1.807, 2.05) is 41.4 Å². The number of nitrogens with one attached hydrogen (secondary N) is 1. The number of H-pyrrole nitrogens is 1. The maximum Gasteiger partial charge on any atom is 0.227 e. The van der Waals surface area contributed by atoms with Crippen molar-refractivity contribution in [2.24, 2.45) is 0 Å². The number of likely N-dealkylation sites (N-methyl/N-ethyl adjacent to an activating group) is 1. The number of imidazole rings is 1. The molecule has 1 aromatic heterocycles. The lowest BCUT2D eigenvalue weighted by Gasteiger charge is -2.39. The van der Waals surface area contributed by atoms with Crippen molar-refractivity contribution < 1.29 is 4.79 Å². The maximum atomic E-state index is 13.1. The molecule has 0 bridgehead atoms. The Morgan fingerprint density at radius 2 is 1.77 bits per heavy atom. The van der Waals surface area contributed by atoms with Crippen molar-refractivity contribution in [3.05, 3.63) is 90.4 Å². The Labute approximate surface area is 182 Å². The van der Waals surface area contributed by atoms with Crippen LogP contribution in [0.4, 0.5) is 0 Å². The minimum atomic E-state index is -0.0795. The molecule has 5 rings (SSSR count). The number of nitrogens with zero attached hydrogens (tertiary/aromatic N) is 3. The standard InChI is InChI=1S/C26H26N4O/c1-29-13-14-30(25(31)15-19-7-3-2-4-8-19)24(18-29)26-27-17-23(28-26)22-12-11-20-9-5-6-10-21(20)16-22/h2-12,16-17,24H,13-15,18H2,1H3,(H,27,28). The van der Waals surface area contributed by atoms with Gasteiger partial charge in [-0.25, -0.2) is 4.98 Å². The molecule has 5 nitrogen and oxygen atoms in total. The number of benzene rings is 3. The van der Waals surface area contributed by atoms with Crippen LogP contribution in [0.3, 0.4) is 0 Å². The fraction of sp³-hybridized carbons (Fsp3) is 0.231. The van der Waals surface area contributed by atoms with Crippen LogP contribution in [0.25, 0.3) is 22.0 Å². The molecule has 0 radical (unpaired) electrons. The molecule has 1 aliphatic heterocycles. The van der Waals surface area contributed by atoms with E-state index < -0.39 is 0 Å². The molecule has 1 saturated heterocycles. The predicted octanol–water partition coefficient (Wildman–Crippen LogP) is 4.29. The summed E-state index contributed by atoms with van der Waals surface area (Å²) in [5.41, 5.74) is 3.12. The van der Waals surface area contributed by atoms with Crippen LogP contribution in [0.15, 0.2) is 79.0 Å². The summed E-state index contributed by atoms with van der Waals surface area (Å²) in [6.45, 7) is 2.35. The number of rotatable bonds is 4. The Morgan fingerprint density at radius 3 is 2.61 bits per heavy atom. The molecule has 156 valence electrons. The van der Waals surface area contributed by atoms with Gasteiger partial charge < -0.3 is 14.8 Å². The van der Waals surface area contributed by atoms with Gasteiger partial charge in [0.05, 0.1) is 18.3 Å². The van der Waals surface area contributed by atoms with E-state index in [4.69, 9.17) is 4.98 Å². The molecule has 2 heterocycles. The Morgan fingerprint density at radius 1 is 1.00 bits per heavy atom. The number of fused-ring (bicyclic) bond motifs is 1. The summed E-state index contributed by atoms with van der Waals surface area (Å²) in [6.07, 6.45) is 2.30. The van der Waals surface area contributed by atoms with Gasteiger partial charge >= 0.3 is 0 Å². The molecule has 1 atom stereocenters. The van der Waals surface area contributed by atoms with Gasteiger partial charge in [0.1, 0.15) is 11.9 Å². The fourth-order valence-corrected chi connectivity index (χ4v) is 4.33. The SMILES string of the molecule is CN1CCN(C(=O)Cc2ccccc2)C(c2ncc(-c3ccc4ccccc4c3)[nH]2)C1. The number of amides is 1. The normalized spacial score (nSPS) is 17.2. The van der Waals surface area contributed by atoms with Gasteiger partial charge in [-0.1, -0.05) is 66.7 Å². The Hall–Kier alpha value is -3.44. The number of hydrogen-bond acceptors (Lipinski definition) is 3. The number of aromatic nitrogens is 2. The molecular formula is C26H26N4O. The first-order valence-electron chi connectivity index (χ1n) is 10.7. The molecule has 0 aliphatic carbocycles. The highest BCUT2D eigenvalue weighted by atomic mass is 16.2. The van der Waals surface area contributed by atoms with Gasteiger partial charge in [0, 0.05) is 25.2 Å². The second-order valence-corrected chi connectivity index (χ2v) is 8.27. The monoisotopic (exact) mass is 410 g/mol. The van der Waals surface area contributed by atoms with Gasteiger partial charge in [0.2, 0.25) is 5.91 Å². The van der Waals surface area contributed by atoms with E-state index in [2.05, 4.69) is 59.4 Å². The van der Waals surface area contributed by atoms with E-state index in [1.165, 1.54) is 10.8 Å². The van der Waals surface area contributed by atoms with E-state index in [1.54, 1.807) is 0 Å². The van der Waals surface area contributed by atoms with Crippen LogP contribution in [0, 0.1) is 0 Å². The predicted molar refractivity (Wildman–Crippen MR) is 124 cm³/mol. The molecule has 1 unspecified atom stereocenters. The van der Waals surface area contributed by atoms with Gasteiger partial charge in [-0.2, -0.15) is 0 Å². The highest BCUT2D eigenvalue weighted by Crippen LogP contribution is 2.28. The Kier molecular flexibility index (Phi) is 5.26. The van der Waals surface area contributed by atoms with Crippen molar-refractivity contribution in [2.45, 2.75) is 12.5 Å². The third-order valence-electron chi connectivity index (χ3n) is 6.07. The first-order chi connectivity index (χ1) is 15.2. The number of carbonyl (C=O) groups is 1. The summed E-state index contributed by atoms with van der Waals surface area (Å²) in [5.74, 6) is 0.990. The van der Waals surface area contributed by atoms with Crippen molar-refractivity contribution >= 4 is 16.7 Å². The lowest BCUT2D eigenvalue weighted by atomic mass is 10.1. The molecule has 1 aliphatic rings. The van der Waals surface area contributed by atoms with Crippen LogP contribution < -0.4 is 0 Å². The van der Waals surface area contributed by atoms with Crippen LogP contribution in [0.1, 0.15) is 17.4 Å². The van der Waals surface area contributed by atoms with Gasteiger partial charge in [0.15, 0.2) is 0 Å². The lowest BCUT2D eigenvalue weighted by Crippen LogP contribution is -2.50. The summed E-state index contributed by atoms with van der Waals surface area (Å²) < 4.78 is 0. The topological polar surface area (TPSA) is 52.2 Å². The number of carbonyl (C=O) groups excluding carboxylic acids is 1. The molecule has 1 amide bonds. The van der Waals surface area contributed by atoms with Crippen LogP contribution in [-0.4, -0.2) is 52.4 Å². The second kappa shape index (κ2) is 8.36. The first kappa shape index (κ1) is 19.5.